The molecule has 2 aromatic carbocycles. The Morgan fingerprint density at radius 3 is 2.54 bits per heavy atom. The minimum Gasteiger partial charge on any atom is -0.495 e. The molecule has 2 atom stereocenters. The van der Waals surface area contributed by atoms with E-state index in [0.29, 0.717) is 30.3 Å². The lowest BCUT2D eigenvalue weighted by Gasteiger charge is -2.36. The Kier molecular flexibility index (Phi) is 6.83. The first-order valence-electron chi connectivity index (χ1n) is 11.8. The molecule has 3 N–H and O–H groups in total. The number of hydrogen-bond acceptors (Lipinski definition) is 8. The van der Waals surface area contributed by atoms with E-state index in [1.165, 1.54) is 0 Å². The second-order valence-corrected chi connectivity index (χ2v) is 9.01. The van der Waals surface area contributed by atoms with Crippen LogP contribution in [0.15, 0.2) is 48.7 Å². The van der Waals surface area contributed by atoms with Crippen molar-refractivity contribution in [1.29, 1.82) is 0 Å². The molecule has 5 rings (SSSR count). The molecule has 0 radical (unpaired) electrons. The third-order valence-corrected chi connectivity index (χ3v) is 6.68. The first-order valence-corrected chi connectivity index (χ1v) is 11.8. The van der Waals surface area contributed by atoms with Crippen molar-refractivity contribution in [3.05, 3.63) is 59.8 Å². The van der Waals surface area contributed by atoms with Crippen molar-refractivity contribution in [2.24, 2.45) is 0 Å². The number of nitrogens with one attached hydrogen (secondary N) is 1. The first kappa shape index (κ1) is 23.5. The summed E-state index contributed by atoms with van der Waals surface area (Å²) in [6, 6.07) is 13.1. The second-order valence-electron chi connectivity index (χ2n) is 9.01. The number of fused-ring (bicyclic) bond motifs is 2. The highest BCUT2D eigenvalue weighted by molar-refractivity contribution is 5.95. The van der Waals surface area contributed by atoms with E-state index < -0.39 is 12.2 Å². The number of pyridine rings is 1. The highest BCUT2D eigenvalue weighted by Gasteiger charge is 2.24. The molecule has 0 spiro atoms. The van der Waals surface area contributed by atoms with Crippen molar-refractivity contribution < 1.29 is 24.5 Å². The molecular weight excluding hydrogens is 448 g/mol. The maximum absolute atomic E-state index is 11.6. The van der Waals surface area contributed by atoms with Gasteiger partial charge in [-0.05, 0) is 35.4 Å². The monoisotopic (exact) mass is 478 g/mol. The molecule has 0 bridgehead atoms. The van der Waals surface area contributed by atoms with Crippen molar-refractivity contribution in [3.8, 4) is 11.5 Å². The Labute approximate surface area is 203 Å². The van der Waals surface area contributed by atoms with Crippen LogP contribution in [0.5, 0.6) is 11.5 Å². The zero-order valence-corrected chi connectivity index (χ0v) is 19.7. The fourth-order valence-electron chi connectivity index (χ4n) is 4.71. The lowest BCUT2D eigenvalue weighted by molar-refractivity contribution is -0.118. The van der Waals surface area contributed by atoms with Gasteiger partial charge in [0.15, 0.2) is 6.61 Å². The highest BCUT2D eigenvalue weighted by Crippen LogP contribution is 2.31. The number of anilines is 1. The van der Waals surface area contributed by atoms with Crippen molar-refractivity contribution in [2.75, 3.05) is 58.3 Å². The number of amides is 1. The molecule has 2 aliphatic heterocycles. The van der Waals surface area contributed by atoms with Gasteiger partial charge in [-0.2, -0.15) is 0 Å². The third kappa shape index (κ3) is 5.23. The topological polar surface area (TPSA) is 107 Å². The molecule has 3 heterocycles. The predicted molar refractivity (Wildman–Crippen MR) is 132 cm³/mol. The lowest BCUT2D eigenvalue weighted by Crippen LogP contribution is -2.48. The van der Waals surface area contributed by atoms with E-state index in [-0.39, 0.29) is 12.5 Å². The zero-order valence-electron chi connectivity index (χ0n) is 19.7. The third-order valence-electron chi connectivity index (χ3n) is 6.68. The Morgan fingerprint density at radius 1 is 1.06 bits per heavy atom. The number of aromatic nitrogens is 1. The quantitative estimate of drug-likeness (QED) is 0.473. The van der Waals surface area contributed by atoms with E-state index in [9.17, 15) is 15.0 Å². The molecule has 2 unspecified atom stereocenters. The summed E-state index contributed by atoms with van der Waals surface area (Å²) in [5.41, 5.74) is 3.01. The van der Waals surface area contributed by atoms with Crippen LogP contribution < -0.4 is 14.8 Å². The van der Waals surface area contributed by atoms with Gasteiger partial charge in [0, 0.05) is 44.7 Å². The van der Waals surface area contributed by atoms with Gasteiger partial charge < -0.3 is 25.0 Å². The molecular formula is C26H30N4O5. The van der Waals surface area contributed by atoms with Gasteiger partial charge in [-0.3, -0.25) is 19.6 Å². The summed E-state index contributed by atoms with van der Waals surface area (Å²) >= 11 is 0. The van der Waals surface area contributed by atoms with Gasteiger partial charge >= 0.3 is 0 Å². The largest absolute Gasteiger partial charge is 0.495 e. The molecule has 2 aliphatic rings. The Morgan fingerprint density at radius 2 is 1.80 bits per heavy atom. The zero-order chi connectivity index (χ0) is 24.4. The number of aliphatic hydroxyl groups is 2. The normalized spacial score (nSPS) is 18.4. The van der Waals surface area contributed by atoms with E-state index in [0.717, 1.165) is 48.2 Å². The van der Waals surface area contributed by atoms with E-state index in [4.69, 9.17) is 9.47 Å². The minimum atomic E-state index is -0.672. The van der Waals surface area contributed by atoms with Crippen LogP contribution in [0.2, 0.25) is 0 Å². The number of rotatable bonds is 7. The van der Waals surface area contributed by atoms with E-state index in [1.807, 2.05) is 30.3 Å². The first-order chi connectivity index (χ1) is 17.0. The fourth-order valence-corrected chi connectivity index (χ4v) is 4.71. The van der Waals surface area contributed by atoms with Crippen molar-refractivity contribution >= 4 is 22.5 Å². The molecule has 1 aromatic heterocycles. The smallest absolute Gasteiger partial charge is 0.262 e. The molecule has 0 aliphatic carbocycles. The van der Waals surface area contributed by atoms with Gasteiger partial charge in [0.25, 0.3) is 5.91 Å². The second kappa shape index (κ2) is 10.2. The average Bonchev–Trinajstić information content (AvgIpc) is 2.88. The van der Waals surface area contributed by atoms with Crippen LogP contribution >= 0.6 is 0 Å². The molecule has 9 nitrogen and oxygen atoms in total. The standard InChI is InChI=1S/C26H30N4O5/c1-34-18-12-20-19(3-2-4-21(20)27-13-18)24(32)15-30-9-7-29(8-10-30)14-23(31)17-5-6-25-22(11-17)28-26(33)16-35-25/h2-6,11-13,23-24,31-32H,7-10,14-16H2,1H3,(H,28,33). The predicted octanol–water partition coefficient (Wildman–Crippen LogP) is 1.96. The minimum absolute atomic E-state index is 0.0133. The number of piperazine rings is 1. The molecule has 0 saturated carbocycles. The SMILES string of the molecule is COc1cnc2cccc(C(O)CN3CCN(CC(O)c4ccc5c(c4)NC(=O)CO5)CC3)c2c1. The molecule has 1 fully saturated rings. The van der Waals surface area contributed by atoms with Crippen molar-refractivity contribution in [3.63, 3.8) is 0 Å². The number of carbonyl (C=O) groups excluding carboxylic acids is 1. The molecule has 3 aromatic rings. The van der Waals surface area contributed by atoms with Crippen molar-refractivity contribution in [2.45, 2.75) is 12.2 Å². The number of β-amino-alcohol motifs (C(OH)–C–C–N with tert-alkyl or cyclic N) is 2. The summed E-state index contributed by atoms with van der Waals surface area (Å²) in [5.74, 6) is 1.09. The van der Waals surface area contributed by atoms with Gasteiger partial charge in [0.1, 0.15) is 11.5 Å². The number of nitrogens with zero attached hydrogens (tertiary/aromatic N) is 3. The van der Waals surface area contributed by atoms with Crippen LogP contribution in [0.4, 0.5) is 5.69 Å². The summed E-state index contributed by atoms with van der Waals surface area (Å²) < 4.78 is 10.7. The summed E-state index contributed by atoms with van der Waals surface area (Å²) in [6.45, 7) is 4.21. The number of hydrogen-bond donors (Lipinski definition) is 3. The van der Waals surface area contributed by atoms with Crippen LogP contribution in [0.25, 0.3) is 10.9 Å². The van der Waals surface area contributed by atoms with Crippen LogP contribution in [-0.2, 0) is 4.79 Å². The number of aliphatic hydroxyl groups excluding tert-OH is 2. The lowest BCUT2D eigenvalue weighted by atomic mass is 10.0. The highest BCUT2D eigenvalue weighted by atomic mass is 16.5. The van der Waals surface area contributed by atoms with Gasteiger partial charge in [-0.15, -0.1) is 0 Å². The molecule has 1 amide bonds. The fraction of sp³-hybridized carbons (Fsp3) is 0.385. The van der Waals surface area contributed by atoms with Crippen LogP contribution in [0, 0.1) is 0 Å². The van der Waals surface area contributed by atoms with Crippen LogP contribution in [-0.4, -0.2) is 83.9 Å². The summed E-state index contributed by atoms with van der Waals surface area (Å²) in [7, 11) is 1.61. The maximum atomic E-state index is 11.6. The van der Waals surface area contributed by atoms with Crippen molar-refractivity contribution in [1.82, 2.24) is 14.8 Å². The van der Waals surface area contributed by atoms with Crippen LogP contribution in [0.3, 0.4) is 0 Å². The summed E-state index contributed by atoms with van der Waals surface area (Å²) in [4.78, 5) is 20.5. The number of ether oxygens (including phenoxy) is 2. The summed E-state index contributed by atoms with van der Waals surface area (Å²) in [6.07, 6.45) is 0.368. The maximum Gasteiger partial charge on any atom is 0.262 e. The Balaban J connectivity index is 1.16. The van der Waals surface area contributed by atoms with Gasteiger partial charge in [0.2, 0.25) is 0 Å². The molecule has 35 heavy (non-hydrogen) atoms. The van der Waals surface area contributed by atoms with E-state index in [1.54, 1.807) is 25.4 Å². The number of carbonyl (C=O) groups is 1. The molecule has 184 valence electrons. The van der Waals surface area contributed by atoms with Gasteiger partial charge in [0.05, 0.1) is 36.7 Å². The molecule has 1 saturated heterocycles. The van der Waals surface area contributed by atoms with E-state index >= 15 is 0 Å². The van der Waals surface area contributed by atoms with E-state index in [2.05, 4.69) is 20.1 Å². The van der Waals surface area contributed by atoms with Gasteiger partial charge in [-0.1, -0.05) is 18.2 Å². The number of methoxy groups -OCH3 is 1. The Hall–Kier alpha value is -3.24. The van der Waals surface area contributed by atoms with Gasteiger partial charge in [-0.25, -0.2) is 0 Å². The molecule has 9 heteroatoms. The average molecular weight is 479 g/mol. The number of benzene rings is 2. The van der Waals surface area contributed by atoms with Crippen LogP contribution in [0.1, 0.15) is 23.3 Å². The Bertz CT molecular complexity index is 1210. The summed E-state index contributed by atoms with van der Waals surface area (Å²) in [5, 5.41) is 25.5.